The predicted molar refractivity (Wildman–Crippen MR) is 74.8 cm³/mol. The van der Waals surface area contributed by atoms with Crippen LogP contribution in [0.1, 0.15) is 33.6 Å². The lowest BCUT2D eigenvalue weighted by Crippen LogP contribution is -2.55. The highest BCUT2D eigenvalue weighted by atomic mass is 16.6. The Labute approximate surface area is 115 Å². The van der Waals surface area contributed by atoms with Gasteiger partial charge >= 0.3 is 6.09 Å². The molecular formula is C14H25NO4. The summed E-state index contributed by atoms with van der Waals surface area (Å²) in [6, 6.07) is -0.849. The molecule has 0 spiro atoms. The lowest BCUT2D eigenvalue weighted by molar-refractivity contribution is -0.0196. The number of hydrogen-bond acceptors (Lipinski definition) is 4. The number of carbonyl (C=O) groups excluding carboxylic acids is 1. The van der Waals surface area contributed by atoms with E-state index in [2.05, 4.69) is 18.5 Å². The van der Waals surface area contributed by atoms with Gasteiger partial charge in [-0.15, -0.1) is 13.2 Å². The predicted octanol–water partition coefficient (Wildman–Crippen LogP) is 1.76. The largest absolute Gasteiger partial charge is 0.444 e. The van der Waals surface area contributed by atoms with Crippen LogP contribution in [-0.4, -0.2) is 40.2 Å². The Morgan fingerprint density at radius 2 is 1.79 bits per heavy atom. The Bertz CT molecular complexity index is 310. The lowest BCUT2D eigenvalue weighted by atomic mass is 9.87. The smallest absolute Gasteiger partial charge is 0.408 e. The summed E-state index contributed by atoms with van der Waals surface area (Å²) in [6.07, 6.45) is 2.82. The van der Waals surface area contributed by atoms with Gasteiger partial charge in [0.2, 0.25) is 0 Å². The van der Waals surface area contributed by atoms with E-state index in [1.807, 2.05) is 0 Å². The van der Waals surface area contributed by atoms with E-state index in [9.17, 15) is 15.0 Å². The first-order chi connectivity index (χ1) is 8.68. The van der Waals surface area contributed by atoms with Crippen LogP contribution in [0.3, 0.4) is 0 Å². The van der Waals surface area contributed by atoms with Crippen molar-refractivity contribution in [2.75, 3.05) is 6.61 Å². The van der Waals surface area contributed by atoms with E-state index in [-0.39, 0.29) is 12.8 Å². The summed E-state index contributed by atoms with van der Waals surface area (Å²) in [6.45, 7) is 11.9. The molecule has 0 aliphatic rings. The zero-order valence-electron chi connectivity index (χ0n) is 12.0. The normalized spacial score (nSPS) is 13.5. The molecule has 19 heavy (non-hydrogen) atoms. The third-order valence-corrected chi connectivity index (χ3v) is 2.52. The molecule has 0 aliphatic carbocycles. The molecule has 0 aromatic heterocycles. The van der Waals surface area contributed by atoms with Crippen LogP contribution in [0.15, 0.2) is 25.3 Å². The second-order valence-corrected chi connectivity index (χ2v) is 5.47. The third-order valence-electron chi connectivity index (χ3n) is 2.52. The lowest BCUT2D eigenvalue weighted by Gasteiger charge is -2.34. The Hall–Kier alpha value is -1.33. The van der Waals surface area contributed by atoms with Gasteiger partial charge in [-0.1, -0.05) is 12.2 Å². The molecule has 0 heterocycles. The molecule has 0 rings (SSSR count). The minimum absolute atomic E-state index is 0.222. The van der Waals surface area contributed by atoms with E-state index in [1.165, 1.54) is 12.2 Å². The summed E-state index contributed by atoms with van der Waals surface area (Å²) in [5.74, 6) is 0. The molecule has 5 nitrogen and oxygen atoms in total. The van der Waals surface area contributed by atoms with Crippen molar-refractivity contribution in [2.45, 2.75) is 50.9 Å². The van der Waals surface area contributed by atoms with Gasteiger partial charge < -0.3 is 20.3 Å². The standard InChI is InChI=1S/C14H25NO4/c1-6-8-14(18,9-7-2)11(10-16)15-12(17)19-13(3,4)5/h6-7,11,16,18H,1-2,8-10H2,3-5H3,(H,15,17)/t11-/m1/s1. The van der Waals surface area contributed by atoms with Crippen LogP contribution >= 0.6 is 0 Å². The second kappa shape index (κ2) is 7.31. The number of hydrogen-bond donors (Lipinski definition) is 3. The highest BCUT2D eigenvalue weighted by Gasteiger charge is 2.36. The second-order valence-electron chi connectivity index (χ2n) is 5.47. The number of aliphatic hydroxyl groups is 2. The Morgan fingerprint density at radius 1 is 1.32 bits per heavy atom. The fourth-order valence-electron chi connectivity index (χ4n) is 1.67. The van der Waals surface area contributed by atoms with Crippen molar-refractivity contribution in [1.82, 2.24) is 5.32 Å². The highest BCUT2D eigenvalue weighted by molar-refractivity contribution is 5.68. The first-order valence-electron chi connectivity index (χ1n) is 6.23. The molecule has 0 fully saturated rings. The van der Waals surface area contributed by atoms with Crippen molar-refractivity contribution >= 4 is 6.09 Å². The fourth-order valence-corrected chi connectivity index (χ4v) is 1.67. The maximum atomic E-state index is 11.7. The van der Waals surface area contributed by atoms with Crippen LogP contribution in [0.2, 0.25) is 0 Å². The molecule has 0 saturated heterocycles. The molecule has 0 saturated carbocycles. The van der Waals surface area contributed by atoms with E-state index < -0.39 is 29.9 Å². The zero-order valence-corrected chi connectivity index (χ0v) is 12.0. The topological polar surface area (TPSA) is 78.8 Å². The van der Waals surface area contributed by atoms with E-state index in [0.717, 1.165) is 0 Å². The van der Waals surface area contributed by atoms with Gasteiger partial charge in [-0.05, 0) is 33.6 Å². The molecule has 1 amide bonds. The van der Waals surface area contributed by atoms with Crippen molar-refractivity contribution in [3.05, 3.63) is 25.3 Å². The SMILES string of the molecule is C=CCC(O)(CC=C)[C@@H](CO)NC(=O)OC(C)(C)C. The molecule has 0 bridgehead atoms. The van der Waals surface area contributed by atoms with Gasteiger partial charge in [-0.3, -0.25) is 0 Å². The molecule has 110 valence electrons. The molecule has 0 aromatic rings. The van der Waals surface area contributed by atoms with Gasteiger partial charge in [-0.25, -0.2) is 4.79 Å². The molecule has 0 aliphatic heterocycles. The number of ether oxygens (including phenoxy) is 1. The quantitative estimate of drug-likeness (QED) is 0.616. The Kier molecular flexibility index (Phi) is 6.79. The van der Waals surface area contributed by atoms with Crippen LogP contribution in [0, 0.1) is 0 Å². The number of rotatable bonds is 7. The summed E-state index contributed by atoms with van der Waals surface area (Å²) in [5.41, 5.74) is -1.96. The summed E-state index contributed by atoms with van der Waals surface area (Å²) in [5, 5.41) is 22.3. The summed E-state index contributed by atoms with van der Waals surface area (Å²) in [4.78, 5) is 11.7. The van der Waals surface area contributed by atoms with E-state index in [4.69, 9.17) is 4.74 Å². The average Bonchev–Trinajstić information content (AvgIpc) is 2.23. The number of aliphatic hydroxyl groups excluding tert-OH is 1. The van der Waals surface area contributed by atoms with Crippen molar-refractivity contribution in [1.29, 1.82) is 0 Å². The van der Waals surface area contributed by atoms with Crippen molar-refractivity contribution in [3.63, 3.8) is 0 Å². The average molecular weight is 271 g/mol. The molecular weight excluding hydrogens is 246 g/mol. The van der Waals surface area contributed by atoms with Crippen LogP contribution in [-0.2, 0) is 4.74 Å². The molecule has 1 atom stereocenters. The van der Waals surface area contributed by atoms with Crippen LogP contribution in [0.25, 0.3) is 0 Å². The number of carbonyl (C=O) groups is 1. The van der Waals surface area contributed by atoms with Crippen LogP contribution in [0.5, 0.6) is 0 Å². The van der Waals surface area contributed by atoms with Gasteiger partial charge in [0.25, 0.3) is 0 Å². The van der Waals surface area contributed by atoms with Crippen LogP contribution in [0.4, 0.5) is 4.79 Å². The summed E-state index contributed by atoms with van der Waals surface area (Å²) in [7, 11) is 0. The van der Waals surface area contributed by atoms with Gasteiger partial charge in [0.15, 0.2) is 0 Å². The molecule has 3 N–H and O–H groups in total. The number of nitrogens with one attached hydrogen (secondary N) is 1. The minimum Gasteiger partial charge on any atom is -0.444 e. The van der Waals surface area contributed by atoms with Crippen LogP contribution < -0.4 is 5.32 Å². The highest BCUT2D eigenvalue weighted by Crippen LogP contribution is 2.22. The van der Waals surface area contributed by atoms with Crippen molar-refractivity contribution < 1.29 is 19.7 Å². The molecule has 0 radical (unpaired) electrons. The molecule has 0 unspecified atom stereocenters. The maximum absolute atomic E-state index is 11.7. The molecule has 5 heteroatoms. The van der Waals surface area contributed by atoms with Gasteiger partial charge in [0.05, 0.1) is 18.2 Å². The van der Waals surface area contributed by atoms with E-state index >= 15 is 0 Å². The van der Waals surface area contributed by atoms with Gasteiger partial charge in [0, 0.05) is 0 Å². The summed E-state index contributed by atoms with van der Waals surface area (Å²) < 4.78 is 5.10. The Morgan fingerprint density at radius 3 is 2.11 bits per heavy atom. The zero-order chi connectivity index (χ0) is 15.1. The monoisotopic (exact) mass is 271 g/mol. The van der Waals surface area contributed by atoms with E-state index in [0.29, 0.717) is 0 Å². The van der Waals surface area contributed by atoms with Crippen molar-refractivity contribution in [2.24, 2.45) is 0 Å². The first-order valence-corrected chi connectivity index (χ1v) is 6.23. The minimum atomic E-state index is -1.32. The summed E-state index contributed by atoms with van der Waals surface area (Å²) >= 11 is 0. The molecule has 0 aromatic carbocycles. The maximum Gasteiger partial charge on any atom is 0.408 e. The van der Waals surface area contributed by atoms with Gasteiger partial charge in [0.1, 0.15) is 5.60 Å². The van der Waals surface area contributed by atoms with Gasteiger partial charge in [-0.2, -0.15) is 0 Å². The Balaban J connectivity index is 4.82. The third kappa shape index (κ3) is 6.40. The van der Waals surface area contributed by atoms with E-state index in [1.54, 1.807) is 20.8 Å². The fraction of sp³-hybridized carbons (Fsp3) is 0.643. The number of alkyl carbamates (subject to hydrolysis) is 1. The number of amides is 1. The van der Waals surface area contributed by atoms with Crippen molar-refractivity contribution in [3.8, 4) is 0 Å². The first kappa shape index (κ1) is 17.7.